The van der Waals surface area contributed by atoms with Crippen LogP contribution in [-0.4, -0.2) is 39.6 Å². The number of nitrogens with zero attached hydrogens (tertiary/aromatic N) is 1. The Hall–Kier alpha value is -1.76. The number of carbonyl (C=O) groups excluding carboxylic acids is 1. The molecule has 122 valence electrons. The van der Waals surface area contributed by atoms with Gasteiger partial charge < -0.3 is 15.0 Å². The molecule has 0 aliphatic rings. The van der Waals surface area contributed by atoms with E-state index >= 15 is 0 Å². The minimum absolute atomic E-state index is 0.266. The Morgan fingerprint density at radius 3 is 2.59 bits per heavy atom. The average Bonchev–Trinajstić information content (AvgIpc) is 2.46. The van der Waals surface area contributed by atoms with Crippen molar-refractivity contribution in [1.82, 2.24) is 9.88 Å². The summed E-state index contributed by atoms with van der Waals surface area (Å²) in [5.74, 6) is -0.861. The summed E-state index contributed by atoms with van der Waals surface area (Å²) in [4.78, 5) is 35.6. The molecule has 0 saturated heterocycles. The number of thioether (sulfide) groups is 1. The zero-order chi connectivity index (χ0) is 16.7. The Bertz CT molecular complexity index is 585. The van der Waals surface area contributed by atoms with Crippen LogP contribution in [0.3, 0.4) is 0 Å². The molecule has 22 heavy (non-hydrogen) atoms. The lowest BCUT2D eigenvalue weighted by atomic mass is 10.1. The molecule has 1 aromatic rings. The molecule has 0 aliphatic carbocycles. The number of carboxylic acids is 1. The second kappa shape index (κ2) is 8.63. The van der Waals surface area contributed by atoms with Crippen molar-refractivity contribution in [3.05, 3.63) is 34.2 Å². The fourth-order valence-electron chi connectivity index (χ4n) is 2.25. The minimum Gasteiger partial charge on any atom is -0.480 e. The molecular formula is C15H22N2O4S. The standard InChI is InChI=1S/C15H22N2O4S/c1-4-12(17-10(2)6-5-7-13(17)18)14(19)16-11(15(20)21)8-9-22-3/h5-7,11-12H,4,8-9H2,1-3H3,(H,16,19)(H,20,21). The number of aryl methyl sites for hydroxylation is 1. The summed E-state index contributed by atoms with van der Waals surface area (Å²) in [5.41, 5.74) is 0.406. The number of amides is 1. The highest BCUT2D eigenvalue weighted by Crippen LogP contribution is 2.13. The smallest absolute Gasteiger partial charge is 0.326 e. The summed E-state index contributed by atoms with van der Waals surface area (Å²) < 4.78 is 1.41. The normalized spacial score (nSPS) is 13.4. The largest absolute Gasteiger partial charge is 0.480 e. The summed E-state index contributed by atoms with van der Waals surface area (Å²) in [5, 5.41) is 11.7. The minimum atomic E-state index is -1.06. The summed E-state index contributed by atoms with van der Waals surface area (Å²) in [7, 11) is 0. The maximum atomic E-state index is 12.4. The molecule has 2 unspecified atom stereocenters. The molecule has 0 aliphatic heterocycles. The van der Waals surface area contributed by atoms with Crippen molar-refractivity contribution in [2.75, 3.05) is 12.0 Å². The predicted octanol–water partition coefficient (Wildman–Crippen LogP) is 1.43. The molecule has 1 heterocycles. The zero-order valence-electron chi connectivity index (χ0n) is 13.0. The van der Waals surface area contributed by atoms with Crippen LogP contribution in [0.25, 0.3) is 0 Å². The first-order valence-electron chi connectivity index (χ1n) is 7.12. The number of hydrogen-bond donors (Lipinski definition) is 2. The van der Waals surface area contributed by atoms with Gasteiger partial charge in [0.1, 0.15) is 12.1 Å². The van der Waals surface area contributed by atoms with E-state index in [1.54, 1.807) is 26.0 Å². The summed E-state index contributed by atoms with van der Waals surface area (Å²) in [6, 6.07) is 3.14. The van der Waals surface area contributed by atoms with Crippen LogP contribution in [0.2, 0.25) is 0 Å². The van der Waals surface area contributed by atoms with Crippen molar-refractivity contribution >= 4 is 23.6 Å². The van der Waals surface area contributed by atoms with Gasteiger partial charge in [-0.2, -0.15) is 11.8 Å². The monoisotopic (exact) mass is 326 g/mol. The molecule has 0 aromatic carbocycles. The molecule has 7 heteroatoms. The zero-order valence-corrected chi connectivity index (χ0v) is 13.9. The molecular weight excluding hydrogens is 304 g/mol. The van der Waals surface area contributed by atoms with E-state index in [4.69, 9.17) is 0 Å². The lowest BCUT2D eigenvalue weighted by Gasteiger charge is -2.22. The Morgan fingerprint density at radius 1 is 1.41 bits per heavy atom. The van der Waals surface area contributed by atoms with Crippen LogP contribution in [0, 0.1) is 6.92 Å². The number of rotatable bonds is 8. The fraction of sp³-hybridized carbons (Fsp3) is 0.533. The molecule has 1 rings (SSSR count). The van der Waals surface area contributed by atoms with Gasteiger partial charge in [0, 0.05) is 11.8 Å². The third-order valence-corrected chi connectivity index (χ3v) is 4.06. The topological polar surface area (TPSA) is 88.4 Å². The van der Waals surface area contributed by atoms with Crippen molar-refractivity contribution in [3.8, 4) is 0 Å². The molecule has 0 spiro atoms. The second-order valence-electron chi connectivity index (χ2n) is 4.98. The van der Waals surface area contributed by atoms with E-state index in [9.17, 15) is 19.5 Å². The molecule has 1 amide bonds. The number of carbonyl (C=O) groups is 2. The number of pyridine rings is 1. The van der Waals surface area contributed by atoms with Crippen LogP contribution in [0.15, 0.2) is 23.0 Å². The van der Waals surface area contributed by atoms with Gasteiger partial charge in [0.05, 0.1) is 0 Å². The molecule has 0 bridgehead atoms. The number of aliphatic carboxylic acids is 1. The quantitative estimate of drug-likeness (QED) is 0.754. The fourth-order valence-corrected chi connectivity index (χ4v) is 2.72. The SMILES string of the molecule is CCC(C(=O)NC(CCSC)C(=O)O)n1c(C)cccc1=O. The molecule has 2 atom stereocenters. The Kier molecular flexibility index (Phi) is 7.17. The van der Waals surface area contributed by atoms with E-state index in [0.29, 0.717) is 24.3 Å². The van der Waals surface area contributed by atoms with Crippen LogP contribution in [-0.2, 0) is 9.59 Å². The Morgan fingerprint density at radius 2 is 2.09 bits per heavy atom. The Balaban J connectivity index is 2.97. The van der Waals surface area contributed by atoms with Crippen LogP contribution >= 0.6 is 11.8 Å². The first-order valence-corrected chi connectivity index (χ1v) is 8.52. The van der Waals surface area contributed by atoms with Crippen LogP contribution in [0.5, 0.6) is 0 Å². The van der Waals surface area contributed by atoms with Crippen LogP contribution in [0.1, 0.15) is 31.5 Å². The Labute approximate surface area is 133 Å². The van der Waals surface area contributed by atoms with Gasteiger partial charge >= 0.3 is 5.97 Å². The van der Waals surface area contributed by atoms with E-state index in [-0.39, 0.29) is 5.56 Å². The van der Waals surface area contributed by atoms with Gasteiger partial charge in [0.25, 0.3) is 5.56 Å². The maximum absolute atomic E-state index is 12.4. The molecule has 1 aromatic heterocycles. The van der Waals surface area contributed by atoms with Gasteiger partial charge in [-0.25, -0.2) is 4.79 Å². The van der Waals surface area contributed by atoms with Crippen molar-refractivity contribution in [2.24, 2.45) is 0 Å². The highest BCUT2D eigenvalue weighted by molar-refractivity contribution is 7.98. The summed E-state index contributed by atoms with van der Waals surface area (Å²) in [6.07, 6.45) is 2.63. The molecule has 0 fully saturated rings. The summed E-state index contributed by atoms with van der Waals surface area (Å²) in [6.45, 7) is 3.54. The van der Waals surface area contributed by atoms with Gasteiger partial charge in [0.2, 0.25) is 5.91 Å². The number of hydrogen-bond acceptors (Lipinski definition) is 4. The van der Waals surface area contributed by atoms with Crippen molar-refractivity contribution < 1.29 is 14.7 Å². The van der Waals surface area contributed by atoms with Gasteiger partial charge in [-0.15, -0.1) is 0 Å². The number of aromatic nitrogens is 1. The van der Waals surface area contributed by atoms with E-state index < -0.39 is 24.0 Å². The van der Waals surface area contributed by atoms with Gasteiger partial charge in [-0.05, 0) is 37.8 Å². The third kappa shape index (κ3) is 4.62. The van der Waals surface area contributed by atoms with Gasteiger partial charge in [-0.3, -0.25) is 9.59 Å². The number of carboxylic acid groups (broad SMARTS) is 1. The molecule has 2 N–H and O–H groups in total. The summed E-state index contributed by atoms with van der Waals surface area (Å²) >= 11 is 1.52. The molecule has 0 saturated carbocycles. The first-order chi connectivity index (χ1) is 10.4. The highest BCUT2D eigenvalue weighted by Gasteiger charge is 2.26. The van der Waals surface area contributed by atoms with E-state index in [0.717, 1.165) is 0 Å². The van der Waals surface area contributed by atoms with Crippen molar-refractivity contribution in [1.29, 1.82) is 0 Å². The van der Waals surface area contributed by atoms with E-state index in [2.05, 4.69) is 5.32 Å². The predicted molar refractivity (Wildman–Crippen MR) is 87.3 cm³/mol. The van der Waals surface area contributed by atoms with Crippen molar-refractivity contribution in [2.45, 2.75) is 38.8 Å². The van der Waals surface area contributed by atoms with Crippen molar-refractivity contribution in [3.63, 3.8) is 0 Å². The highest BCUT2D eigenvalue weighted by atomic mass is 32.2. The van der Waals surface area contributed by atoms with E-state index in [1.807, 2.05) is 6.26 Å². The lowest BCUT2D eigenvalue weighted by molar-refractivity contribution is -0.142. The average molecular weight is 326 g/mol. The number of nitrogens with one attached hydrogen (secondary N) is 1. The third-order valence-electron chi connectivity index (χ3n) is 3.42. The van der Waals surface area contributed by atoms with Crippen LogP contribution < -0.4 is 10.9 Å². The lowest BCUT2D eigenvalue weighted by Crippen LogP contribution is -2.46. The maximum Gasteiger partial charge on any atom is 0.326 e. The molecule has 6 nitrogen and oxygen atoms in total. The first kappa shape index (κ1) is 18.3. The van der Waals surface area contributed by atoms with Gasteiger partial charge in [-0.1, -0.05) is 13.0 Å². The van der Waals surface area contributed by atoms with Gasteiger partial charge in [0.15, 0.2) is 0 Å². The van der Waals surface area contributed by atoms with E-state index in [1.165, 1.54) is 22.4 Å². The second-order valence-corrected chi connectivity index (χ2v) is 5.97. The molecule has 0 radical (unpaired) electrons. The van der Waals surface area contributed by atoms with Crippen LogP contribution in [0.4, 0.5) is 0 Å².